The van der Waals surface area contributed by atoms with Crippen LogP contribution in [0.4, 0.5) is 0 Å². The minimum absolute atomic E-state index is 0.0820. The number of thiazole rings is 1. The van der Waals surface area contributed by atoms with Gasteiger partial charge in [-0.15, -0.1) is 11.3 Å². The second kappa shape index (κ2) is 7.63. The van der Waals surface area contributed by atoms with Crippen molar-refractivity contribution in [2.75, 3.05) is 0 Å². The smallest absolute Gasteiger partial charge is 0.251 e. The molecular weight excluding hydrogens is 358 g/mol. The third-order valence-electron chi connectivity index (χ3n) is 4.21. The summed E-state index contributed by atoms with van der Waals surface area (Å²) in [5.41, 5.74) is 1.04. The standard InChI is InChI=1S/C17H21N3O3S2/c1-12-19-15(11-24-12)10-18-25(22,23)16-8-4-5-13(9-16)17(21)20-14-6-2-3-7-14/h4-5,8-9,11,14,18H,2-3,6-7,10H2,1H3,(H,20,21). The topological polar surface area (TPSA) is 88.2 Å². The molecule has 2 aromatic rings. The van der Waals surface area contributed by atoms with Crippen molar-refractivity contribution in [3.63, 3.8) is 0 Å². The SMILES string of the molecule is Cc1nc(CNS(=O)(=O)c2cccc(C(=O)NC3CCCC3)c2)cs1. The molecule has 25 heavy (non-hydrogen) atoms. The number of hydrogen-bond donors (Lipinski definition) is 2. The Hall–Kier alpha value is -1.77. The van der Waals surface area contributed by atoms with Gasteiger partial charge in [-0.1, -0.05) is 18.9 Å². The largest absolute Gasteiger partial charge is 0.349 e. The summed E-state index contributed by atoms with van der Waals surface area (Å²) in [4.78, 5) is 16.6. The van der Waals surface area contributed by atoms with Crippen LogP contribution in [0, 0.1) is 6.92 Å². The van der Waals surface area contributed by atoms with Gasteiger partial charge in [-0.2, -0.15) is 0 Å². The van der Waals surface area contributed by atoms with Gasteiger partial charge in [0.25, 0.3) is 5.91 Å². The van der Waals surface area contributed by atoms with Crippen LogP contribution < -0.4 is 10.0 Å². The van der Waals surface area contributed by atoms with E-state index in [-0.39, 0.29) is 23.4 Å². The lowest BCUT2D eigenvalue weighted by Crippen LogP contribution is -2.32. The maximum Gasteiger partial charge on any atom is 0.251 e. The van der Waals surface area contributed by atoms with E-state index in [0.717, 1.165) is 30.7 Å². The number of nitrogens with zero attached hydrogens (tertiary/aromatic N) is 1. The number of benzene rings is 1. The molecule has 6 nitrogen and oxygen atoms in total. The van der Waals surface area contributed by atoms with Gasteiger partial charge in [-0.25, -0.2) is 18.1 Å². The molecule has 0 unspecified atom stereocenters. The van der Waals surface area contributed by atoms with Crippen molar-refractivity contribution in [2.24, 2.45) is 0 Å². The van der Waals surface area contributed by atoms with Gasteiger partial charge in [0.1, 0.15) is 0 Å². The quantitative estimate of drug-likeness (QED) is 0.807. The molecular formula is C17H21N3O3S2. The lowest BCUT2D eigenvalue weighted by Gasteiger charge is -2.12. The highest BCUT2D eigenvalue weighted by Crippen LogP contribution is 2.19. The molecule has 134 valence electrons. The zero-order valence-electron chi connectivity index (χ0n) is 14.0. The fraction of sp³-hybridized carbons (Fsp3) is 0.412. The summed E-state index contributed by atoms with van der Waals surface area (Å²) in [5.74, 6) is -0.223. The Bertz CT molecular complexity index is 856. The van der Waals surface area contributed by atoms with E-state index >= 15 is 0 Å². The van der Waals surface area contributed by atoms with E-state index in [4.69, 9.17) is 0 Å². The molecule has 8 heteroatoms. The Balaban J connectivity index is 1.69. The van der Waals surface area contributed by atoms with Gasteiger partial charge in [0, 0.05) is 17.0 Å². The molecule has 1 heterocycles. The van der Waals surface area contributed by atoms with Crippen molar-refractivity contribution in [3.05, 3.63) is 45.9 Å². The van der Waals surface area contributed by atoms with Crippen molar-refractivity contribution in [1.29, 1.82) is 0 Å². The van der Waals surface area contributed by atoms with Crippen molar-refractivity contribution in [2.45, 2.75) is 50.1 Å². The minimum Gasteiger partial charge on any atom is -0.349 e. The van der Waals surface area contributed by atoms with Gasteiger partial charge in [-0.05, 0) is 38.0 Å². The highest BCUT2D eigenvalue weighted by atomic mass is 32.2. The zero-order chi connectivity index (χ0) is 17.9. The Labute approximate surface area is 151 Å². The van der Waals surface area contributed by atoms with E-state index < -0.39 is 10.0 Å². The highest BCUT2D eigenvalue weighted by Gasteiger charge is 2.20. The van der Waals surface area contributed by atoms with Crippen LogP contribution in [0.1, 0.15) is 46.7 Å². The second-order valence-corrected chi connectivity index (χ2v) is 8.99. The number of aromatic nitrogens is 1. The van der Waals surface area contributed by atoms with Gasteiger partial charge in [-0.3, -0.25) is 4.79 Å². The summed E-state index contributed by atoms with van der Waals surface area (Å²) in [5, 5.41) is 5.68. The van der Waals surface area contributed by atoms with E-state index in [9.17, 15) is 13.2 Å². The van der Waals surface area contributed by atoms with Crippen LogP contribution in [0.15, 0.2) is 34.5 Å². The average Bonchev–Trinajstić information content (AvgIpc) is 3.25. The number of hydrogen-bond acceptors (Lipinski definition) is 5. The maximum atomic E-state index is 12.5. The molecule has 2 N–H and O–H groups in total. The van der Waals surface area contributed by atoms with Crippen LogP contribution in [0.25, 0.3) is 0 Å². The molecule has 3 rings (SSSR count). The Kier molecular flexibility index (Phi) is 5.51. The molecule has 0 saturated heterocycles. The predicted octanol–water partition coefficient (Wildman–Crippen LogP) is 2.60. The van der Waals surface area contributed by atoms with Crippen LogP contribution in [0.3, 0.4) is 0 Å². The lowest BCUT2D eigenvalue weighted by molar-refractivity contribution is 0.0937. The molecule has 1 amide bonds. The monoisotopic (exact) mass is 379 g/mol. The van der Waals surface area contributed by atoms with Crippen LogP contribution in [-0.2, 0) is 16.6 Å². The van der Waals surface area contributed by atoms with Crippen molar-refractivity contribution in [3.8, 4) is 0 Å². The van der Waals surface area contributed by atoms with Crippen molar-refractivity contribution >= 4 is 27.3 Å². The molecule has 0 spiro atoms. The number of sulfonamides is 1. The third-order valence-corrected chi connectivity index (χ3v) is 6.43. The summed E-state index contributed by atoms with van der Waals surface area (Å²) in [6, 6.07) is 6.32. The minimum atomic E-state index is -3.70. The van der Waals surface area contributed by atoms with Crippen molar-refractivity contribution < 1.29 is 13.2 Å². The molecule has 1 aliphatic carbocycles. The van der Waals surface area contributed by atoms with E-state index in [1.54, 1.807) is 12.1 Å². The number of aryl methyl sites for hydroxylation is 1. The summed E-state index contributed by atoms with van der Waals surface area (Å²) in [6.45, 7) is 2.00. The van der Waals surface area contributed by atoms with Gasteiger partial charge in [0.05, 0.1) is 22.1 Å². The van der Waals surface area contributed by atoms with Crippen LogP contribution in [0.5, 0.6) is 0 Å². The van der Waals surface area contributed by atoms with Crippen LogP contribution >= 0.6 is 11.3 Å². The second-order valence-electron chi connectivity index (χ2n) is 6.17. The zero-order valence-corrected chi connectivity index (χ0v) is 15.6. The number of carbonyl (C=O) groups is 1. The van der Waals surface area contributed by atoms with Gasteiger partial charge >= 0.3 is 0 Å². The molecule has 1 fully saturated rings. The highest BCUT2D eigenvalue weighted by molar-refractivity contribution is 7.89. The third kappa shape index (κ3) is 4.65. The number of carbonyl (C=O) groups excluding carboxylic acids is 1. The van der Waals surface area contributed by atoms with E-state index in [2.05, 4.69) is 15.0 Å². The lowest BCUT2D eigenvalue weighted by atomic mass is 10.2. The van der Waals surface area contributed by atoms with E-state index in [1.807, 2.05) is 12.3 Å². The first-order chi connectivity index (χ1) is 11.9. The molecule has 1 saturated carbocycles. The Morgan fingerprint density at radius 3 is 2.76 bits per heavy atom. The first-order valence-electron chi connectivity index (χ1n) is 8.26. The van der Waals surface area contributed by atoms with Gasteiger partial charge in [0.15, 0.2) is 0 Å². The number of amides is 1. The maximum absolute atomic E-state index is 12.5. The summed E-state index contributed by atoms with van der Waals surface area (Å²) >= 11 is 1.47. The molecule has 1 aliphatic rings. The first-order valence-corrected chi connectivity index (χ1v) is 10.6. The summed E-state index contributed by atoms with van der Waals surface area (Å²) in [7, 11) is -3.70. The van der Waals surface area contributed by atoms with E-state index in [1.165, 1.54) is 23.5 Å². The molecule has 1 aromatic carbocycles. The molecule has 1 aromatic heterocycles. The van der Waals surface area contributed by atoms with Crippen LogP contribution in [0.2, 0.25) is 0 Å². The molecule has 0 aliphatic heterocycles. The van der Waals surface area contributed by atoms with Gasteiger partial charge < -0.3 is 5.32 Å². The molecule has 0 atom stereocenters. The van der Waals surface area contributed by atoms with Gasteiger partial charge in [0.2, 0.25) is 10.0 Å². The number of rotatable bonds is 6. The fourth-order valence-corrected chi connectivity index (χ4v) is 4.54. The Morgan fingerprint density at radius 1 is 1.32 bits per heavy atom. The normalized spacial score (nSPS) is 15.4. The fourth-order valence-electron chi connectivity index (χ4n) is 2.89. The average molecular weight is 380 g/mol. The molecule has 0 bridgehead atoms. The predicted molar refractivity (Wildman–Crippen MR) is 97.0 cm³/mol. The molecule has 0 radical (unpaired) electrons. The van der Waals surface area contributed by atoms with Crippen molar-refractivity contribution in [1.82, 2.24) is 15.0 Å². The van der Waals surface area contributed by atoms with Crippen LogP contribution in [-0.4, -0.2) is 25.4 Å². The summed E-state index contributed by atoms with van der Waals surface area (Å²) in [6.07, 6.45) is 4.22. The first kappa shape index (κ1) is 18.0. The van der Waals surface area contributed by atoms with E-state index in [0.29, 0.717) is 11.3 Å². The summed E-state index contributed by atoms with van der Waals surface area (Å²) < 4.78 is 27.5. The Morgan fingerprint density at radius 2 is 2.08 bits per heavy atom. The number of nitrogens with one attached hydrogen (secondary N) is 2.